The summed E-state index contributed by atoms with van der Waals surface area (Å²) in [6.07, 6.45) is -0.636. The zero-order valence-corrected chi connectivity index (χ0v) is 15.1. The van der Waals surface area contributed by atoms with Gasteiger partial charge in [0.25, 0.3) is 0 Å². The number of carbonyl (C=O) groups excluding carboxylic acids is 1. The molecule has 1 aliphatic heterocycles. The molecule has 2 unspecified atom stereocenters. The highest BCUT2D eigenvalue weighted by Gasteiger charge is 2.25. The maximum absolute atomic E-state index is 12.4. The van der Waals surface area contributed by atoms with Gasteiger partial charge < -0.3 is 25.2 Å². The van der Waals surface area contributed by atoms with Crippen molar-refractivity contribution in [3.05, 3.63) is 18.2 Å². The molecule has 1 aromatic carbocycles. The van der Waals surface area contributed by atoms with Crippen molar-refractivity contribution in [2.45, 2.75) is 17.4 Å². The summed E-state index contributed by atoms with van der Waals surface area (Å²) >= 11 is 0. The third kappa shape index (κ3) is 5.07. The molecule has 1 fully saturated rings. The van der Waals surface area contributed by atoms with Crippen molar-refractivity contribution in [1.82, 2.24) is 10.6 Å². The first-order valence-corrected chi connectivity index (χ1v) is 9.63. The number of carbonyl (C=O) groups is 1. The molecule has 8 nitrogen and oxygen atoms in total. The predicted octanol–water partition coefficient (Wildman–Crippen LogP) is -0.436. The van der Waals surface area contributed by atoms with Gasteiger partial charge in [0.15, 0.2) is 21.3 Å². The van der Waals surface area contributed by atoms with Crippen LogP contribution >= 0.6 is 0 Å². The normalized spacial score (nSPS) is 20.3. The Hall–Kier alpha value is -1.84. The lowest BCUT2D eigenvalue weighted by molar-refractivity contribution is -0.120. The first-order valence-electron chi connectivity index (χ1n) is 7.97. The number of rotatable bonds is 8. The van der Waals surface area contributed by atoms with E-state index in [1.165, 1.54) is 32.4 Å². The van der Waals surface area contributed by atoms with Crippen LogP contribution in [0.25, 0.3) is 0 Å². The Bertz CT molecular complexity index is 707. The summed E-state index contributed by atoms with van der Waals surface area (Å²) in [6, 6.07) is 4.32. The molecular formula is C16H24N2O6S. The van der Waals surface area contributed by atoms with Gasteiger partial charge in [-0.1, -0.05) is 0 Å². The third-order valence-corrected chi connectivity index (χ3v) is 5.89. The van der Waals surface area contributed by atoms with Crippen molar-refractivity contribution in [2.75, 3.05) is 39.6 Å². The number of sulfone groups is 1. The molecule has 1 heterocycles. The van der Waals surface area contributed by atoms with Crippen molar-refractivity contribution in [3.8, 4) is 11.5 Å². The van der Waals surface area contributed by atoms with Crippen molar-refractivity contribution < 1.29 is 27.8 Å². The van der Waals surface area contributed by atoms with E-state index < -0.39 is 15.9 Å². The number of nitrogens with one attached hydrogen (secondary N) is 2. The lowest BCUT2D eigenvalue weighted by Crippen LogP contribution is -2.35. The smallest absolute Gasteiger partial charge is 0.221 e. The number of amides is 1. The Kier molecular flexibility index (Phi) is 6.63. The van der Waals surface area contributed by atoms with Gasteiger partial charge in [0.05, 0.1) is 31.0 Å². The Morgan fingerprint density at radius 3 is 2.60 bits per heavy atom. The summed E-state index contributed by atoms with van der Waals surface area (Å²) in [5, 5.41) is 15.4. The number of hydrogen-bond acceptors (Lipinski definition) is 7. The minimum atomic E-state index is -3.62. The Labute approximate surface area is 147 Å². The van der Waals surface area contributed by atoms with Gasteiger partial charge in [-0.15, -0.1) is 0 Å². The molecular weight excluding hydrogens is 348 g/mol. The second kappa shape index (κ2) is 8.50. The number of methoxy groups -OCH3 is 2. The summed E-state index contributed by atoms with van der Waals surface area (Å²) < 4.78 is 35.0. The van der Waals surface area contributed by atoms with Crippen LogP contribution in [0.4, 0.5) is 0 Å². The van der Waals surface area contributed by atoms with Crippen molar-refractivity contribution in [2.24, 2.45) is 5.92 Å². The van der Waals surface area contributed by atoms with Crippen molar-refractivity contribution in [3.63, 3.8) is 0 Å². The molecule has 1 saturated heterocycles. The number of hydrogen-bond donors (Lipinski definition) is 3. The molecule has 0 radical (unpaired) electrons. The van der Waals surface area contributed by atoms with Crippen molar-refractivity contribution >= 4 is 15.7 Å². The molecule has 25 heavy (non-hydrogen) atoms. The van der Waals surface area contributed by atoms with Gasteiger partial charge in [0.2, 0.25) is 5.91 Å². The van der Waals surface area contributed by atoms with Crippen LogP contribution in [0.1, 0.15) is 6.42 Å². The summed E-state index contributed by atoms with van der Waals surface area (Å²) in [6.45, 7) is 1.46. The van der Waals surface area contributed by atoms with Crippen LogP contribution in [0.5, 0.6) is 11.5 Å². The minimum Gasteiger partial charge on any atom is -0.493 e. The van der Waals surface area contributed by atoms with E-state index in [9.17, 15) is 18.3 Å². The number of β-amino-alcohol motifs (C(OH)–C–C–N with tert-alkyl or cyclic N) is 1. The largest absolute Gasteiger partial charge is 0.493 e. The van der Waals surface area contributed by atoms with E-state index in [4.69, 9.17) is 9.47 Å². The zero-order chi connectivity index (χ0) is 18.4. The highest BCUT2D eigenvalue weighted by Crippen LogP contribution is 2.29. The van der Waals surface area contributed by atoms with Crippen LogP contribution in [0.3, 0.4) is 0 Å². The first-order chi connectivity index (χ1) is 11.9. The van der Waals surface area contributed by atoms with E-state index in [2.05, 4.69) is 10.6 Å². The summed E-state index contributed by atoms with van der Waals surface area (Å²) in [4.78, 5) is 12.0. The number of benzene rings is 1. The zero-order valence-electron chi connectivity index (χ0n) is 14.3. The molecule has 3 N–H and O–H groups in total. The van der Waals surface area contributed by atoms with E-state index in [-0.39, 0.29) is 28.9 Å². The van der Waals surface area contributed by atoms with E-state index in [0.29, 0.717) is 31.1 Å². The standard InChI is InChI=1S/C16H24N2O6S/c1-23-14-4-3-12(7-15(14)24-2)25(21,22)6-5-16(20)18-9-11-8-17-10-13(11)19/h3-4,7,11,13,17,19H,5-6,8-10H2,1-2H3,(H,18,20). The Balaban J connectivity index is 1.91. The number of aliphatic hydroxyl groups is 1. The lowest BCUT2D eigenvalue weighted by atomic mass is 10.1. The summed E-state index contributed by atoms with van der Waals surface area (Å²) in [5.41, 5.74) is 0. The van der Waals surface area contributed by atoms with Crippen LogP contribution in [-0.4, -0.2) is 65.1 Å². The molecule has 140 valence electrons. The Morgan fingerprint density at radius 1 is 1.28 bits per heavy atom. The highest BCUT2D eigenvalue weighted by atomic mass is 32.2. The van der Waals surface area contributed by atoms with Crippen LogP contribution in [-0.2, 0) is 14.6 Å². The molecule has 0 aromatic heterocycles. The van der Waals surface area contributed by atoms with Crippen LogP contribution < -0.4 is 20.1 Å². The van der Waals surface area contributed by atoms with Gasteiger partial charge in [-0.05, 0) is 12.1 Å². The van der Waals surface area contributed by atoms with Gasteiger partial charge in [-0.2, -0.15) is 0 Å². The second-order valence-electron chi connectivity index (χ2n) is 5.88. The number of ether oxygens (including phenoxy) is 2. The van der Waals surface area contributed by atoms with Crippen LogP contribution in [0.2, 0.25) is 0 Å². The van der Waals surface area contributed by atoms with Gasteiger partial charge in [0.1, 0.15) is 0 Å². The highest BCUT2D eigenvalue weighted by molar-refractivity contribution is 7.91. The third-order valence-electron chi connectivity index (χ3n) is 4.18. The van der Waals surface area contributed by atoms with E-state index in [0.717, 1.165) is 0 Å². The number of aliphatic hydroxyl groups excluding tert-OH is 1. The topological polar surface area (TPSA) is 114 Å². The maximum atomic E-state index is 12.4. The van der Waals surface area contributed by atoms with Gasteiger partial charge in [-0.25, -0.2) is 8.42 Å². The van der Waals surface area contributed by atoms with Gasteiger partial charge in [-0.3, -0.25) is 4.79 Å². The van der Waals surface area contributed by atoms with E-state index in [1.807, 2.05) is 0 Å². The molecule has 1 amide bonds. The molecule has 2 atom stereocenters. The first kappa shape index (κ1) is 19.5. The Morgan fingerprint density at radius 2 is 2.00 bits per heavy atom. The summed E-state index contributed by atoms with van der Waals surface area (Å²) in [5.74, 6) is 0.0352. The quantitative estimate of drug-likeness (QED) is 0.567. The molecule has 9 heteroatoms. The minimum absolute atomic E-state index is 0.0496. The van der Waals surface area contributed by atoms with Crippen molar-refractivity contribution in [1.29, 1.82) is 0 Å². The van der Waals surface area contributed by atoms with Crippen LogP contribution in [0.15, 0.2) is 23.1 Å². The molecule has 0 spiro atoms. The monoisotopic (exact) mass is 372 g/mol. The lowest BCUT2D eigenvalue weighted by Gasteiger charge is -2.14. The molecule has 1 aliphatic rings. The fraction of sp³-hybridized carbons (Fsp3) is 0.562. The van der Waals surface area contributed by atoms with E-state index >= 15 is 0 Å². The van der Waals surface area contributed by atoms with Gasteiger partial charge in [0, 0.05) is 38.0 Å². The molecule has 0 bridgehead atoms. The SMILES string of the molecule is COc1ccc(S(=O)(=O)CCC(=O)NCC2CNCC2O)cc1OC. The molecule has 0 saturated carbocycles. The molecule has 2 rings (SSSR count). The van der Waals surface area contributed by atoms with Crippen LogP contribution in [0, 0.1) is 5.92 Å². The average molecular weight is 372 g/mol. The molecule has 1 aromatic rings. The fourth-order valence-electron chi connectivity index (χ4n) is 2.62. The average Bonchev–Trinajstić information content (AvgIpc) is 3.02. The predicted molar refractivity (Wildman–Crippen MR) is 91.6 cm³/mol. The summed E-state index contributed by atoms with van der Waals surface area (Å²) in [7, 11) is -0.729. The van der Waals surface area contributed by atoms with E-state index in [1.54, 1.807) is 0 Å². The fourth-order valence-corrected chi connectivity index (χ4v) is 3.87. The van der Waals surface area contributed by atoms with Gasteiger partial charge >= 0.3 is 0 Å². The maximum Gasteiger partial charge on any atom is 0.221 e. The second-order valence-corrected chi connectivity index (χ2v) is 7.98. The molecule has 0 aliphatic carbocycles.